The van der Waals surface area contributed by atoms with E-state index in [1.807, 2.05) is 0 Å². The number of nitrogens with two attached hydrogens (primary N) is 2. The number of aliphatic carboxylic acids is 1. The lowest BCUT2D eigenvalue weighted by atomic mass is 10.0. The molecule has 0 spiro atoms. The number of carbonyl (C=O) groups is 2. The Kier molecular flexibility index (Phi) is 4.45. The SMILES string of the molecule is NCCc1nnc2c(NC3(N)C(C(=O)O)=Nn4c(CCO)nnc43)c(C(=O)O)[nH]n12. The molecule has 3 aromatic rings. The van der Waals surface area contributed by atoms with Crippen LogP contribution in [0.5, 0.6) is 0 Å². The number of carboxylic acids is 2. The number of carboxylic acid groups (broad SMARTS) is 2. The van der Waals surface area contributed by atoms with Crippen LogP contribution in [0.2, 0.25) is 0 Å². The van der Waals surface area contributed by atoms with Gasteiger partial charge in [0.2, 0.25) is 17.1 Å². The second-order valence-electron chi connectivity index (χ2n) is 6.39. The largest absolute Gasteiger partial charge is 0.477 e. The number of aliphatic hydroxyl groups excluding tert-OH is 1. The number of rotatable bonds is 8. The van der Waals surface area contributed by atoms with E-state index in [2.05, 4.69) is 35.9 Å². The molecular weight excluding hydrogens is 402 g/mol. The molecule has 1 aliphatic rings. The lowest BCUT2D eigenvalue weighted by Gasteiger charge is -2.24. The maximum atomic E-state index is 11.8. The second kappa shape index (κ2) is 6.87. The molecule has 3 aromatic heterocycles. The minimum Gasteiger partial charge on any atom is -0.477 e. The van der Waals surface area contributed by atoms with Gasteiger partial charge in [0.25, 0.3) is 0 Å². The zero-order chi connectivity index (χ0) is 21.6. The van der Waals surface area contributed by atoms with Crippen LogP contribution in [0.15, 0.2) is 5.10 Å². The normalized spacial score (nSPS) is 17.9. The van der Waals surface area contributed by atoms with Crippen molar-refractivity contribution in [3.8, 4) is 0 Å². The Labute approximate surface area is 166 Å². The van der Waals surface area contributed by atoms with Crippen LogP contribution in [0.25, 0.3) is 5.65 Å². The summed E-state index contributed by atoms with van der Waals surface area (Å²) in [5.41, 5.74) is 8.91. The van der Waals surface area contributed by atoms with Gasteiger partial charge in [-0.3, -0.25) is 10.8 Å². The average Bonchev–Trinajstić information content (AvgIpc) is 3.40. The summed E-state index contributed by atoms with van der Waals surface area (Å²) in [6.45, 7) is -0.0231. The predicted octanol–water partition coefficient (Wildman–Crippen LogP) is -3.09. The molecule has 0 saturated heterocycles. The summed E-state index contributed by atoms with van der Waals surface area (Å²) in [5.74, 6) is -2.34. The monoisotopic (exact) mass is 419 g/mol. The smallest absolute Gasteiger partial charge is 0.356 e. The summed E-state index contributed by atoms with van der Waals surface area (Å²) in [6.07, 6.45) is 0.371. The fourth-order valence-corrected chi connectivity index (χ4v) is 3.17. The van der Waals surface area contributed by atoms with Crippen LogP contribution < -0.4 is 16.8 Å². The van der Waals surface area contributed by atoms with Crippen molar-refractivity contribution in [1.82, 2.24) is 34.7 Å². The minimum absolute atomic E-state index is 0.0564. The maximum absolute atomic E-state index is 11.8. The standard InChI is InChI=1S/C14H17N11O5/c15-3-1-5-18-20-10-7(8(11(27)28)22-24(5)10)17-14(16)9(12(29)30)23-25-6(2-4-26)19-21-13(14)25/h17,22,26H,1-4,15-16H2,(H,27,28)(H,29,30). The van der Waals surface area contributed by atoms with Crippen LogP contribution in [0.4, 0.5) is 5.69 Å². The third-order valence-electron chi connectivity index (χ3n) is 4.50. The lowest BCUT2D eigenvalue weighted by Crippen LogP contribution is -2.53. The molecule has 4 heterocycles. The van der Waals surface area contributed by atoms with E-state index in [9.17, 15) is 19.8 Å². The van der Waals surface area contributed by atoms with Gasteiger partial charge in [-0.15, -0.1) is 20.4 Å². The molecule has 4 rings (SSSR count). The van der Waals surface area contributed by atoms with E-state index in [1.165, 1.54) is 4.52 Å². The van der Waals surface area contributed by atoms with E-state index >= 15 is 0 Å². The van der Waals surface area contributed by atoms with Gasteiger partial charge in [0.15, 0.2) is 23.1 Å². The number of anilines is 1. The molecule has 1 unspecified atom stereocenters. The van der Waals surface area contributed by atoms with Crippen molar-refractivity contribution in [1.29, 1.82) is 0 Å². The van der Waals surface area contributed by atoms with E-state index in [0.29, 0.717) is 12.2 Å². The quantitative estimate of drug-likeness (QED) is 0.179. The third-order valence-corrected chi connectivity index (χ3v) is 4.50. The Hall–Kier alpha value is -3.89. The van der Waals surface area contributed by atoms with Crippen LogP contribution in [0, 0.1) is 0 Å². The van der Waals surface area contributed by atoms with Crippen LogP contribution in [0.3, 0.4) is 0 Å². The number of nitrogens with one attached hydrogen (secondary N) is 2. The minimum atomic E-state index is -2.04. The van der Waals surface area contributed by atoms with Crippen molar-refractivity contribution in [2.45, 2.75) is 18.5 Å². The van der Waals surface area contributed by atoms with Crippen molar-refractivity contribution >= 4 is 29.0 Å². The summed E-state index contributed by atoms with van der Waals surface area (Å²) >= 11 is 0. The molecule has 1 aliphatic heterocycles. The topological polar surface area (TPSA) is 248 Å². The van der Waals surface area contributed by atoms with Gasteiger partial charge in [-0.05, 0) is 6.54 Å². The van der Waals surface area contributed by atoms with Crippen LogP contribution >= 0.6 is 0 Å². The molecule has 0 saturated carbocycles. The molecular formula is C14H17N11O5. The number of aromatic nitrogens is 7. The highest BCUT2D eigenvalue weighted by Crippen LogP contribution is 2.32. The molecule has 0 amide bonds. The van der Waals surface area contributed by atoms with Gasteiger partial charge in [-0.25, -0.2) is 14.1 Å². The number of aromatic carboxylic acids is 1. The second-order valence-corrected chi connectivity index (χ2v) is 6.39. The Morgan fingerprint density at radius 3 is 2.47 bits per heavy atom. The van der Waals surface area contributed by atoms with Gasteiger partial charge in [-0.1, -0.05) is 0 Å². The molecule has 1 atom stereocenters. The fraction of sp³-hybridized carbons (Fsp3) is 0.357. The van der Waals surface area contributed by atoms with Crippen LogP contribution in [-0.2, 0) is 23.3 Å². The van der Waals surface area contributed by atoms with E-state index in [4.69, 9.17) is 16.6 Å². The highest BCUT2D eigenvalue weighted by Gasteiger charge is 2.49. The molecule has 0 aliphatic carbocycles. The molecule has 9 N–H and O–H groups in total. The Morgan fingerprint density at radius 1 is 1.10 bits per heavy atom. The first-order chi connectivity index (χ1) is 14.3. The number of nitrogens with zero attached hydrogens (tertiary/aromatic N) is 7. The summed E-state index contributed by atoms with van der Waals surface area (Å²) in [5, 5.41) is 53.3. The maximum Gasteiger partial charge on any atom is 0.356 e. The van der Waals surface area contributed by atoms with Crippen LogP contribution in [-0.4, -0.2) is 80.8 Å². The van der Waals surface area contributed by atoms with Crippen molar-refractivity contribution < 1.29 is 24.9 Å². The molecule has 0 bridgehead atoms. The molecule has 0 aromatic carbocycles. The first-order valence-electron chi connectivity index (χ1n) is 8.66. The zero-order valence-corrected chi connectivity index (χ0v) is 15.3. The first kappa shape index (κ1) is 19.4. The van der Waals surface area contributed by atoms with Gasteiger partial charge in [0.1, 0.15) is 5.69 Å². The van der Waals surface area contributed by atoms with Gasteiger partial charge in [0, 0.05) is 12.8 Å². The van der Waals surface area contributed by atoms with Gasteiger partial charge in [0.05, 0.1) is 6.61 Å². The van der Waals surface area contributed by atoms with Gasteiger partial charge >= 0.3 is 11.9 Å². The third kappa shape index (κ3) is 2.70. The van der Waals surface area contributed by atoms with Crippen LogP contribution in [0.1, 0.15) is 28.0 Å². The highest BCUT2D eigenvalue weighted by atomic mass is 16.4. The van der Waals surface area contributed by atoms with E-state index in [-0.39, 0.29) is 48.2 Å². The first-order valence-corrected chi connectivity index (χ1v) is 8.66. The summed E-state index contributed by atoms with van der Waals surface area (Å²) in [4.78, 5) is 23.6. The van der Waals surface area contributed by atoms with E-state index < -0.39 is 23.3 Å². The molecule has 0 fully saturated rings. The number of hydrogen-bond acceptors (Lipinski definition) is 11. The number of hydrogen-bond donors (Lipinski definition) is 7. The average molecular weight is 419 g/mol. The van der Waals surface area contributed by atoms with Crippen molar-refractivity contribution in [3.05, 3.63) is 23.2 Å². The molecule has 158 valence electrons. The van der Waals surface area contributed by atoms with E-state index in [0.717, 1.165) is 4.68 Å². The molecule has 30 heavy (non-hydrogen) atoms. The molecule has 16 heteroatoms. The Bertz CT molecular complexity index is 1190. The number of aliphatic hydroxyl groups is 1. The van der Waals surface area contributed by atoms with Crippen molar-refractivity contribution in [3.63, 3.8) is 0 Å². The predicted molar refractivity (Wildman–Crippen MR) is 97.8 cm³/mol. The van der Waals surface area contributed by atoms with Gasteiger partial charge in [-0.2, -0.15) is 9.78 Å². The lowest BCUT2D eigenvalue weighted by molar-refractivity contribution is -0.129. The summed E-state index contributed by atoms with van der Waals surface area (Å²) in [6, 6.07) is 0. The zero-order valence-electron chi connectivity index (χ0n) is 15.3. The highest BCUT2D eigenvalue weighted by molar-refractivity contribution is 6.40. The molecule has 16 nitrogen and oxygen atoms in total. The van der Waals surface area contributed by atoms with E-state index in [1.54, 1.807) is 0 Å². The number of H-pyrrole nitrogens is 1. The molecule has 0 radical (unpaired) electrons. The Balaban J connectivity index is 1.87. The summed E-state index contributed by atoms with van der Waals surface area (Å²) in [7, 11) is 0. The number of aromatic amines is 1. The number of fused-ring (bicyclic) bond motifs is 2. The van der Waals surface area contributed by atoms with Crippen molar-refractivity contribution in [2.75, 3.05) is 18.5 Å². The van der Waals surface area contributed by atoms with Crippen molar-refractivity contribution in [2.24, 2.45) is 16.6 Å². The fourth-order valence-electron chi connectivity index (χ4n) is 3.17. The van der Waals surface area contributed by atoms with Gasteiger partial charge < -0.3 is 26.4 Å². The Morgan fingerprint density at radius 2 is 1.83 bits per heavy atom. The summed E-state index contributed by atoms with van der Waals surface area (Å²) < 4.78 is 2.41.